The number of benzene rings is 1. The second-order valence-electron chi connectivity index (χ2n) is 8.39. The molecule has 2 fully saturated rings. The molecule has 0 atom stereocenters. The van der Waals surface area contributed by atoms with E-state index in [2.05, 4.69) is 49.5 Å². The topological polar surface area (TPSA) is 84.9 Å². The van der Waals surface area contributed by atoms with Gasteiger partial charge in [-0.2, -0.15) is 9.67 Å². The number of nitrogen functional groups attached to an aromatic ring is 1. The summed E-state index contributed by atoms with van der Waals surface area (Å²) in [6, 6.07) is 15.1. The number of nitrogens with zero attached hydrogens (tertiary/aromatic N) is 5. The van der Waals surface area contributed by atoms with Crippen LogP contribution in [-0.2, 0) is 0 Å². The van der Waals surface area contributed by atoms with E-state index in [0.717, 1.165) is 11.7 Å². The Kier molecular flexibility index (Phi) is 5.36. The van der Waals surface area contributed by atoms with Crippen molar-refractivity contribution in [2.24, 2.45) is 0 Å². The predicted octanol–water partition coefficient (Wildman–Crippen LogP) is 4.11. The molecule has 7 heteroatoms. The number of anilines is 3. The highest BCUT2D eigenvalue weighted by atomic mass is 15.4. The molecular weight excluding hydrogens is 374 g/mol. The molecule has 3 heterocycles. The summed E-state index contributed by atoms with van der Waals surface area (Å²) in [6.07, 6.45) is 9.73. The third-order valence-corrected chi connectivity index (χ3v) is 6.49. The van der Waals surface area contributed by atoms with E-state index in [-0.39, 0.29) is 0 Å². The summed E-state index contributed by atoms with van der Waals surface area (Å²) < 4.78 is 1.54. The molecule has 0 radical (unpaired) electrons. The molecule has 1 aliphatic heterocycles. The predicted molar refractivity (Wildman–Crippen MR) is 119 cm³/mol. The Morgan fingerprint density at radius 3 is 2.40 bits per heavy atom. The first kappa shape index (κ1) is 19.1. The Labute approximate surface area is 177 Å². The zero-order valence-electron chi connectivity index (χ0n) is 17.2. The van der Waals surface area contributed by atoms with Gasteiger partial charge in [0.1, 0.15) is 0 Å². The van der Waals surface area contributed by atoms with Gasteiger partial charge < -0.3 is 16.0 Å². The SMILES string of the molecule is Nc1nc(Nc2ccc(C3CCC(N4CCCC4)CC3)cc2)nn1-c1ccccn1. The van der Waals surface area contributed by atoms with Gasteiger partial charge in [0.05, 0.1) is 0 Å². The van der Waals surface area contributed by atoms with Crippen LogP contribution < -0.4 is 11.1 Å². The van der Waals surface area contributed by atoms with Crippen LogP contribution in [0.15, 0.2) is 48.7 Å². The van der Waals surface area contributed by atoms with E-state index in [0.29, 0.717) is 23.6 Å². The Morgan fingerprint density at radius 2 is 1.70 bits per heavy atom. The molecule has 0 spiro atoms. The molecule has 2 aliphatic rings. The largest absolute Gasteiger partial charge is 0.368 e. The van der Waals surface area contributed by atoms with Crippen LogP contribution in [0.2, 0.25) is 0 Å². The fourth-order valence-corrected chi connectivity index (χ4v) is 4.87. The molecule has 30 heavy (non-hydrogen) atoms. The maximum absolute atomic E-state index is 6.01. The minimum atomic E-state index is 0.308. The van der Waals surface area contributed by atoms with Crippen molar-refractivity contribution in [3.63, 3.8) is 0 Å². The number of aromatic nitrogens is 4. The van der Waals surface area contributed by atoms with Crippen molar-refractivity contribution >= 4 is 17.6 Å². The quantitative estimate of drug-likeness (QED) is 0.667. The molecule has 0 amide bonds. The van der Waals surface area contributed by atoms with Gasteiger partial charge in [0.15, 0.2) is 5.82 Å². The summed E-state index contributed by atoms with van der Waals surface area (Å²) in [4.78, 5) is 11.3. The zero-order chi connectivity index (χ0) is 20.3. The summed E-state index contributed by atoms with van der Waals surface area (Å²) in [6.45, 7) is 2.62. The van der Waals surface area contributed by atoms with E-state index in [9.17, 15) is 0 Å². The highest BCUT2D eigenvalue weighted by molar-refractivity contribution is 5.55. The number of hydrogen-bond donors (Lipinski definition) is 2. The average molecular weight is 404 g/mol. The minimum absolute atomic E-state index is 0.308. The van der Waals surface area contributed by atoms with Gasteiger partial charge in [-0.3, -0.25) is 0 Å². The van der Waals surface area contributed by atoms with Gasteiger partial charge in [-0.15, -0.1) is 5.10 Å². The van der Waals surface area contributed by atoms with Crippen LogP contribution in [0.5, 0.6) is 0 Å². The monoisotopic (exact) mass is 403 g/mol. The van der Waals surface area contributed by atoms with Crippen LogP contribution in [0, 0.1) is 0 Å². The van der Waals surface area contributed by atoms with Crippen molar-refractivity contribution < 1.29 is 0 Å². The lowest BCUT2D eigenvalue weighted by Gasteiger charge is -2.34. The molecule has 3 N–H and O–H groups in total. The van der Waals surface area contributed by atoms with Gasteiger partial charge in [-0.05, 0) is 87.4 Å². The van der Waals surface area contributed by atoms with Crippen LogP contribution in [0.1, 0.15) is 50.0 Å². The number of pyridine rings is 1. The van der Waals surface area contributed by atoms with Crippen molar-refractivity contribution in [2.75, 3.05) is 24.1 Å². The first-order valence-electron chi connectivity index (χ1n) is 11.0. The molecule has 7 nitrogen and oxygen atoms in total. The van der Waals surface area contributed by atoms with Crippen LogP contribution in [0.4, 0.5) is 17.6 Å². The Bertz CT molecular complexity index is 953. The summed E-state index contributed by atoms with van der Waals surface area (Å²) in [7, 11) is 0. The third kappa shape index (κ3) is 4.03. The third-order valence-electron chi connectivity index (χ3n) is 6.49. The van der Waals surface area contributed by atoms with Gasteiger partial charge in [-0.1, -0.05) is 18.2 Å². The second kappa shape index (κ2) is 8.44. The fraction of sp³-hybridized carbons (Fsp3) is 0.435. The molecule has 0 unspecified atom stereocenters. The molecular formula is C23H29N7. The van der Waals surface area contributed by atoms with Gasteiger partial charge in [0, 0.05) is 17.9 Å². The molecule has 1 aromatic carbocycles. The van der Waals surface area contributed by atoms with E-state index < -0.39 is 0 Å². The first-order valence-corrected chi connectivity index (χ1v) is 11.0. The normalized spacial score (nSPS) is 22.3. The molecule has 3 aromatic rings. The number of nitrogens with one attached hydrogen (secondary N) is 1. The smallest absolute Gasteiger partial charge is 0.248 e. The van der Waals surface area contributed by atoms with E-state index in [1.54, 1.807) is 6.20 Å². The molecule has 1 saturated heterocycles. The van der Waals surface area contributed by atoms with Gasteiger partial charge in [0.25, 0.3) is 0 Å². The number of rotatable bonds is 5. The highest BCUT2D eigenvalue weighted by Gasteiger charge is 2.28. The highest BCUT2D eigenvalue weighted by Crippen LogP contribution is 2.36. The van der Waals surface area contributed by atoms with E-state index in [1.807, 2.05) is 18.2 Å². The van der Waals surface area contributed by atoms with E-state index >= 15 is 0 Å². The van der Waals surface area contributed by atoms with Crippen molar-refractivity contribution in [3.05, 3.63) is 54.2 Å². The van der Waals surface area contributed by atoms with Crippen molar-refractivity contribution in [3.8, 4) is 5.82 Å². The number of nitrogens with two attached hydrogens (primary N) is 1. The summed E-state index contributed by atoms with van der Waals surface area (Å²) >= 11 is 0. The Morgan fingerprint density at radius 1 is 0.933 bits per heavy atom. The maximum Gasteiger partial charge on any atom is 0.248 e. The van der Waals surface area contributed by atoms with E-state index in [1.165, 1.54) is 61.9 Å². The lowest BCUT2D eigenvalue weighted by molar-refractivity contribution is 0.182. The van der Waals surface area contributed by atoms with Crippen molar-refractivity contribution in [1.29, 1.82) is 0 Å². The average Bonchev–Trinajstić information content (AvgIpc) is 3.45. The summed E-state index contributed by atoms with van der Waals surface area (Å²) in [5.74, 6) is 2.10. The molecule has 1 aliphatic carbocycles. The summed E-state index contributed by atoms with van der Waals surface area (Å²) in [5.41, 5.74) is 8.41. The van der Waals surface area contributed by atoms with E-state index in [4.69, 9.17) is 5.73 Å². The van der Waals surface area contributed by atoms with Crippen LogP contribution in [-0.4, -0.2) is 43.8 Å². The van der Waals surface area contributed by atoms with Crippen LogP contribution in [0.3, 0.4) is 0 Å². The lowest BCUT2D eigenvalue weighted by atomic mass is 9.81. The molecule has 1 saturated carbocycles. The molecule has 5 rings (SSSR count). The lowest BCUT2D eigenvalue weighted by Crippen LogP contribution is -2.35. The molecule has 156 valence electrons. The van der Waals surface area contributed by atoms with Crippen molar-refractivity contribution in [2.45, 2.75) is 50.5 Å². The van der Waals surface area contributed by atoms with Crippen LogP contribution in [0.25, 0.3) is 5.82 Å². The second-order valence-corrected chi connectivity index (χ2v) is 8.39. The van der Waals surface area contributed by atoms with Gasteiger partial charge in [0.2, 0.25) is 11.9 Å². The zero-order valence-corrected chi connectivity index (χ0v) is 17.2. The van der Waals surface area contributed by atoms with Crippen molar-refractivity contribution in [1.82, 2.24) is 24.6 Å². The standard InChI is InChI=1S/C23H29N7/c24-22-27-23(28-30(22)21-5-1-2-14-25-21)26-19-10-6-17(7-11-19)18-8-12-20(13-9-18)29-15-3-4-16-29/h1-2,5-7,10-11,14,18,20H,3-4,8-9,12-13,15-16H2,(H3,24,26,27,28). The van der Waals surface area contributed by atoms with Crippen LogP contribution >= 0.6 is 0 Å². The Hall–Kier alpha value is -2.93. The maximum atomic E-state index is 6.01. The molecule has 0 bridgehead atoms. The van der Waals surface area contributed by atoms with Gasteiger partial charge >= 0.3 is 0 Å². The minimum Gasteiger partial charge on any atom is -0.368 e. The first-order chi connectivity index (χ1) is 14.8. The Balaban J connectivity index is 1.21. The van der Waals surface area contributed by atoms with Gasteiger partial charge in [-0.25, -0.2) is 4.98 Å². The number of hydrogen-bond acceptors (Lipinski definition) is 6. The fourth-order valence-electron chi connectivity index (χ4n) is 4.87. The summed E-state index contributed by atoms with van der Waals surface area (Å²) in [5, 5.41) is 7.69. The number of likely N-dealkylation sites (tertiary alicyclic amines) is 1. The molecule has 2 aromatic heterocycles.